The number of hydrogen-bond donors (Lipinski definition) is 1. The van der Waals surface area contributed by atoms with E-state index in [0.717, 1.165) is 12.1 Å². The summed E-state index contributed by atoms with van der Waals surface area (Å²) in [4.78, 5) is 4.24. The van der Waals surface area contributed by atoms with E-state index in [2.05, 4.69) is 4.98 Å². The minimum Gasteiger partial charge on any atom is -0.504 e. The Morgan fingerprint density at radius 3 is 3.08 bits per heavy atom. The highest BCUT2D eigenvalue weighted by atomic mass is 16.3. The second-order valence-corrected chi connectivity index (χ2v) is 2.71. The van der Waals surface area contributed by atoms with Gasteiger partial charge in [0.25, 0.3) is 0 Å². The summed E-state index contributed by atoms with van der Waals surface area (Å²) < 4.78 is 1.83. The summed E-state index contributed by atoms with van der Waals surface area (Å²) in [6, 6.07) is 3.44. The van der Waals surface area contributed by atoms with Crippen LogP contribution in [0.4, 0.5) is 0 Å². The largest absolute Gasteiger partial charge is 0.504 e. The van der Waals surface area contributed by atoms with Crippen LogP contribution in [0.1, 0.15) is 12.6 Å². The summed E-state index contributed by atoms with van der Waals surface area (Å²) in [6.07, 6.45) is 4.69. The second-order valence-electron chi connectivity index (χ2n) is 2.71. The molecule has 0 saturated carbocycles. The summed E-state index contributed by atoms with van der Waals surface area (Å²) in [6.45, 7) is 2.04. The summed E-state index contributed by atoms with van der Waals surface area (Å²) in [5, 5.41) is 9.40. The number of pyridine rings is 1. The van der Waals surface area contributed by atoms with Crippen molar-refractivity contribution in [3.8, 4) is 5.75 Å². The third-order valence-electron chi connectivity index (χ3n) is 1.87. The van der Waals surface area contributed by atoms with Gasteiger partial charge in [0, 0.05) is 12.4 Å². The van der Waals surface area contributed by atoms with E-state index in [1.54, 1.807) is 12.1 Å². The predicted molar refractivity (Wildman–Crippen MR) is 46.2 cm³/mol. The third-order valence-corrected chi connectivity index (χ3v) is 1.87. The minimum atomic E-state index is 0.234. The van der Waals surface area contributed by atoms with Crippen LogP contribution in [0, 0.1) is 0 Å². The van der Waals surface area contributed by atoms with Crippen LogP contribution in [0.25, 0.3) is 5.65 Å². The predicted octanol–water partition coefficient (Wildman–Crippen LogP) is 1.60. The Bertz CT molecular complexity index is 406. The van der Waals surface area contributed by atoms with Crippen molar-refractivity contribution in [2.75, 3.05) is 0 Å². The molecular weight excluding hydrogens is 152 g/mol. The number of aromatic nitrogens is 2. The lowest BCUT2D eigenvalue weighted by molar-refractivity contribution is 0.477. The summed E-state index contributed by atoms with van der Waals surface area (Å²) in [7, 11) is 0. The first-order valence-electron chi connectivity index (χ1n) is 3.97. The molecule has 0 saturated heterocycles. The highest BCUT2D eigenvalue weighted by Crippen LogP contribution is 2.16. The number of aromatic hydroxyl groups is 1. The van der Waals surface area contributed by atoms with Crippen molar-refractivity contribution >= 4 is 5.65 Å². The average molecular weight is 162 g/mol. The lowest BCUT2D eigenvalue weighted by Crippen LogP contribution is -1.80. The zero-order chi connectivity index (χ0) is 8.55. The summed E-state index contributed by atoms with van der Waals surface area (Å²) >= 11 is 0. The van der Waals surface area contributed by atoms with Gasteiger partial charge in [-0.2, -0.15) is 0 Å². The molecule has 2 rings (SSSR count). The monoisotopic (exact) mass is 162 g/mol. The first-order chi connectivity index (χ1) is 5.81. The number of fused-ring (bicyclic) bond motifs is 1. The van der Waals surface area contributed by atoms with Gasteiger partial charge in [-0.1, -0.05) is 6.92 Å². The van der Waals surface area contributed by atoms with Gasteiger partial charge < -0.3 is 9.51 Å². The first kappa shape index (κ1) is 7.16. The van der Waals surface area contributed by atoms with Gasteiger partial charge in [0.2, 0.25) is 0 Å². The molecule has 1 N–H and O–H groups in total. The fraction of sp³-hybridized carbons (Fsp3) is 0.222. The summed E-state index contributed by atoms with van der Waals surface area (Å²) in [5.74, 6) is 0.234. The summed E-state index contributed by atoms with van der Waals surface area (Å²) in [5.41, 5.74) is 1.63. The Kier molecular flexibility index (Phi) is 1.50. The molecule has 2 aromatic rings. The number of aryl methyl sites for hydroxylation is 1. The van der Waals surface area contributed by atoms with E-state index in [9.17, 15) is 5.11 Å². The van der Waals surface area contributed by atoms with E-state index in [1.165, 1.54) is 0 Å². The minimum absolute atomic E-state index is 0.234. The van der Waals surface area contributed by atoms with Crippen LogP contribution in [0.15, 0.2) is 24.5 Å². The van der Waals surface area contributed by atoms with Gasteiger partial charge in [-0.25, -0.2) is 4.98 Å². The maximum atomic E-state index is 9.40. The van der Waals surface area contributed by atoms with Crippen molar-refractivity contribution in [1.29, 1.82) is 0 Å². The Morgan fingerprint density at radius 1 is 1.58 bits per heavy atom. The molecule has 0 unspecified atom stereocenters. The van der Waals surface area contributed by atoms with Crippen molar-refractivity contribution in [3.63, 3.8) is 0 Å². The molecule has 0 aliphatic heterocycles. The fourth-order valence-electron chi connectivity index (χ4n) is 1.22. The molecule has 0 amide bonds. The SMILES string of the molecule is CCc1cn2cccc(O)c2n1. The number of imidazole rings is 1. The molecule has 2 heterocycles. The highest BCUT2D eigenvalue weighted by Gasteiger charge is 2.02. The number of nitrogens with zero attached hydrogens (tertiary/aromatic N) is 2. The molecule has 3 heteroatoms. The Morgan fingerprint density at radius 2 is 2.42 bits per heavy atom. The number of hydrogen-bond acceptors (Lipinski definition) is 2. The zero-order valence-corrected chi connectivity index (χ0v) is 6.86. The van der Waals surface area contributed by atoms with Gasteiger partial charge in [0.15, 0.2) is 11.4 Å². The molecule has 0 atom stereocenters. The first-order valence-corrected chi connectivity index (χ1v) is 3.97. The zero-order valence-electron chi connectivity index (χ0n) is 6.86. The van der Waals surface area contributed by atoms with Gasteiger partial charge in [-0.05, 0) is 18.6 Å². The topological polar surface area (TPSA) is 37.5 Å². The van der Waals surface area contributed by atoms with Gasteiger partial charge in [-0.3, -0.25) is 0 Å². The van der Waals surface area contributed by atoms with E-state index in [-0.39, 0.29) is 5.75 Å². The molecule has 3 nitrogen and oxygen atoms in total. The average Bonchev–Trinajstić information content (AvgIpc) is 2.49. The van der Waals surface area contributed by atoms with Gasteiger partial charge >= 0.3 is 0 Å². The fourth-order valence-corrected chi connectivity index (χ4v) is 1.22. The van der Waals surface area contributed by atoms with Crippen LogP contribution in [0.3, 0.4) is 0 Å². The molecule has 0 aliphatic carbocycles. The third kappa shape index (κ3) is 0.942. The molecule has 0 spiro atoms. The molecule has 0 radical (unpaired) electrons. The van der Waals surface area contributed by atoms with Gasteiger partial charge in [0.1, 0.15) is 0 Å². The molecular formula is C9H10N2O. The molecule has 12 heavy (non-hydrogen) atoms. The van der Waals surface area contributed by atoms with Gasteiger partial charge in [0.05, 0.1) is 5.69 Å². The Labute approximate surface area is 70.3 Å². The second kappa shape index (κ2) is 2.52. The van der Waals surface area contributed by atoms with Crippen molar-refractivity contribution in [2.45, 2.75) is 13.3 Å². The van der Waals surface area contributed by atoms with Crippen LogP contribution in [-0.2, 0) is 6.42 Å². The molecule has 0 aliphatic rings. The van der Waals surface area contributed by atoms with Gasteiger partial charge in [-0.15, -0.1) is 0 Å². The molecule has 0 aromatic carbocycles. The Balaban J connectivity index is 2.74. The standard InChI is InChI=1S/C9H10N2O/c1-2-7-6-11-5-3-4-8(12)9(11)10-7/h3-6,12H,2H2,1H3. The van der Waals surface area contributed by atoms with Crippen molar-refractivity contribution in [1.82, 2.24) is 9.38 Å². The molecule has 2 aromatic heterocycles. The Hall–Kier alpha value is -1.51. The van der Waals surface area contributed by atoms with Crippen molar-refractivity contribution < 1.29 is 5.11 Å². The molecule has 0 bridgehead atoms. The van der Waals surface area contributed by atoms with Crippen LogP contribution in [0.2, 0.25) is 0 Å². The van der Waals surface area contributed by atoms with Crippen molar-refractivity contribution in [2.24, 2.45) is 0 Å². The van der Waals surface area contributed by atoms with E-state index in [4.69, 9.17) is 0 Å². The van der Waals surface area contributed by atoms with Crippen LogP contribution in [-0.4, -0.2) is 14.5 Å². The number of rotatable bonds is 1. The van der Waals surface area contributed by atoms with Crippen LogP contribution >= 0.6 is 0 Å². The molecule has 62 valence electrons. The maximum Gasteiger partial charge on any atom is 0.179 e. The van der Waals surface area contributed by atoms with Crippen LogP contribution < -0.4 is 0 Å². The molecule has 0 fully saturated rings. The lowest BCUT2D eigenvalue weighted by atomic mass is 10.4. The van der Waals surface area contributed by atoms with E-state index in [1.807, 2.05) is 23.7 Å². The smallest absolute Gasteiger partial charge is 0.179 e. The lowest BCUT2D eigenvalue weighted by Gasteiger charge is -1.92. The van der Waals surface area contributed by atoms with Crippen molar-refractivity contribution in [3.05, 3.63) is 30.2 Å². The van der Waals surface area contributed by atoms with E-state index >= 15 is 0 Å². The van der Waals surface area contributed by atoms with E-state index in [0.29, 0.717) is 5.65 Å². The van der Waals surface area contributed by atoms with E-state index < -0.39 is 0 Å². The maximum absolute atomic E-state index is 9.40. The van der Waals surface area contributed by atoms with Crippen LogP contribution in [0.5, 0.6) is 5.75 Å². The normalized spacial score (nSPS) is 10.8. The highest BCUT2D eigenvalue weighted by molar-refractivity contribution is 5.53. The quantitative estimate of drug-likeness (QED) is 0.691.